The van der Waals surface area contributed by atoms with Gasteiger partial charge >= 0.3 is 12.2 Å². The van der Waals surface area contributed by atoms with Crippen molar-refractivity contribution in [2.45, 2.75) is 6.18 Å². The number of hydrogen-bond acceptors (Lipinski definition) is 6. The molecule has 0 saturated heterocycles. The molecule has 0 saturated carbocycles. The first-order valence-corrected chi connectivity index (χ1v) is 12.4. The molecule has 1 unspecified atom stereocenters. The fourth-order valence-corrected chi connectivity index (χ4v) is 4.53. The van der Waals surface area contributed by atoms with Gasteiger partial charge in [-0.25, -0.2) is 27.8 Å². The van der Waals surface area contributed by atoms with E-state index in [0.29, 0.717) is 11.1 Å². The van der Waals surface area contributed by atoms with E-state index in [1.165, 1.54) is 48.9 Å². The van der Waals surface area contributed by atoms with Crippen molar-refractivity contribution in [2.75, 3.05) is 18.1 Å². The number of aromatic nitrogens is 2. The number of furan rings is 1. The van der Waals surface area contributed by atoms with Gasteiger partial charge in [0, 0.05) is 28.9 Å². The third kappa shape index (κ3) is 6.52. The Labute approximate surface area is 207 Å². The normalized spacial score (nSPS) is 13.1. The fraction of sp³-hybridized carbons (Fsp3) is 0.130. The van der Waals surface area contributed by atoms with E-state index >= 15 is 0 Å². The largest absolute Gasteiger partial charge is 0.464 e. The second kappa shape index (κ2) is 10.0. The topological polar surface area (TPSA) is 109 Å². The lowest BCUT2D eigenvalue weighted by molar-refractivity contribution is -0.122. The molecule has 8 nitrogen and oxygen atoms in total. The molecule has 37 heavy (non-hydrogen) atoms. The summed E-state index contributed by atoms with van der Waals surface area (Å²) >= 11 is 0. The predicted octanol–water partition coefficient (Wildman–Crippen LogP) is 4.75. The molecule has 4 rings (SSSR count). The second-order valence-electron chi connectivity index (χ2n) is 7.83. The third-order valence-electron chi connectivity index (χ3n) is 4.85. The summed E-state index contributed by atoms with van der Waals surface area (Å²) < 4.78 is 85.4. The maximum Gasteiger partial charge on any atom is 0.405 e. The number of anilines is 2. The van der Waals surface area contributed by atoms with Crippen LogP contribution in [0.3, 0.4) is 0 Å². The van der Waals surface area contributed by atoms with E-state index < -0.39 is 40.1 Å². The molecular weight excluding hydrogens is 521 g/mol. The zero-order chi connectivity index (χ0) is 26.8. The molecule has 0 radical (unpaired) electrons. The molecule has 3 N–H and O–H groups in total. The number of amides is 2. The first-order valence-electron chi connectivity index (χ1n) is 10.4. The van der Waals surface area contributed by atoms with E-state index in [4.69, 9.17) is 4.42 Å². The highest BCUT2D eigenvalue weighted by Gasteiger charge is 2.28. The summed E-state index contributed by atoms with van der Waals surface area (Å²) in [5.41, 5.74) is 0.875. The maximum absolute atomic E-state index is 14.6. The molecule has 0 fully saturated rings. The van der Waals surface area contributed by atoms with E-state index in [1.807, 2.05) is 4.72 Å². The molecule has 1 atom stereocenters. The lowest BCUT2D eigenvalue weighted by Gasteiger charge is -2.12. The molecule has 0 bridgehead atoms. The van der Waals surface area contributed by atoms with Crippen LogP contribution in [0.25, 0.3) is 22.1 Å². The maximum atomic E-state index is 14.6. The standard InChI is InChI=1S/C23H18F5N5O3S/c1-37(35,33-22(34)31-12-23(26,27)28)11-13-4-6-29-19(8-13)32-20-9-16(18(25)10-30-20)14-2-3-17(24)15-5-7-36-21(14)15/h2-11H,12H2,1H3,(H,29,30,32)(H2,31,33,34,35). The fourth-order valence-electron chi connectivity index (χ4n) is 3.36. The van der Waals surface area contributed by atoms with Crippen LogP contribution in [0, 0.1) is 11.6 Å². The number of hydrogen-bond donors (Lipinski definition) is 3. The highest BCUT2D eigenvalue weighted by atomic mass is 32.2. The summed E-state index contributed by atoms with van der Waals surface area (Å²) in [6.45, 7) is -1.58. The number of carbonyl (C=O) groups is 1. The van der Waals surface area contributed by atoms with Crippen LogP contribution >= 0.6 is 0 Å². The van der Waals surface area contributed by atoms with Gasteiger partial charge in [-0.05, 0) is 42.0 Å². The number of benzene rings is 1. The zero-order valence-corrected chi connectivity index (χ0v) is 19.7. The van der Waals surface area contributed by atoms with Crippen molar-refractivity contribution in [2.24, 2.45) is 0 Å². The Morgan fingerprint density at radius 2 is 1.81 bits per heavy atom. The Balaban J connectivity index is 1.56. The van der Waals surface area contributed by atoms with Gasteiger partial charge in [-0.3, -0.25) is 4.72 Å². The number of rotatable bonds is 6. The first kappa shape index (κ1) is 25.9. The summed E-state index contributed by atoms with van der Waals surface area (Å²) in [6, 6.07) is 7.03. The van der Waals surface area contributed by atoms with Crippen LogP contribution in [0.4, 0.5) is 38.4 Å². The number of carbonyl (C=O) groups excluding carboxylic acids is 1. The van der Waals surface area contributed by atoms with Crippen molar-refractivity contribution in [3.8, 4) is 11.1 Å². The van der Waals surface area contributed by atoms with Crippen molar-refractivity contribution in [1.29, 1.82) is 0 Å². The number of alkyl halides is 3. The SMILES string of the molecule is CS(=O)(=Cc1ccnc(Nc2cc(-c3ccc(F)c4ccoc34)c(F)cn2)c1)NC(=O)NCC(F)(F)F. The van der Waals surface area contributed by atoms with E-state index in [0.717, 1.165) is 17.8 Å². The lowest BCUT2D eigenvalue weighted by atomic mass is 10.0. The molecule has 0 aliphatic rings. The summed E-state index contributed by atoms with van der Waals surface area (Å²) in [4.78, 5) is 19.7. The molecular formula is C23H18F5N5O3S. The Morgan fingerprint density at radius 1 is 1.05 bits per heavy atom. The highest BCUT2D eigenvalue weighted by Crippen LogP contribution is 2.33. The molecule has 0 spiro atoms. The summed E-state index contributed by atoms with van der Waals surface area (Å²) in [7, 11) is -3.22. The van der Waals surface area contributed by atoms with Crippen LogP contribution in [0.5, 0.6) is 0 Å². The number of pyridine rings is 2. The smallest absolute Gasteiger partial charge is 0.405 e. The first-order chi connectivity index (χ1) is 17.4. The molecule has 0 aliphatic carbocycles. The van der Waals surface area contributed by atoms with Crippen molar-refractivity contribution < 1.29 is 35.4 Å². The van der Waals surface area contributed by atoms with Gasteiger partial charge in [0.2, 0.25) is 0 Å². The van der Waals surface area contributed by atoms with Gasteiger partial charge in [0.1, 0.15) is 35.4 Å². The molecule has 194 valence electrons. The Bertz CT molecular complexity index is 1600. The van der Waals surface area contributed by atoms with Gasteiger partial charge in [-0.15, -0.1) is 0 Å². The molecule has 3 heterocycles. The molecule has 1 aromatic carbocycles. The van der Waals surface area contributed by atoms with Gasteiger partial charge in [0.25, 0.3) is 0 Å². The average molecular weight is 539 g/mol. The van der Waals surface area contributed by atoms with Crippen molar-refractivity contribution in [1.82, 2.24) is 20.0 Å². The third-order valence-corrected chi connectivity index (χ3v) is 6.17. The van der Waals surface area contributed by atoms with Crippen molar-refractivity contribution in [3.05, 3.63) is 72.3 Å². The van der Waals surface area contributed by atoms with E-state index in [-0.39, 0.29) is 28.2 Å². The van der Waals surface area contributed by atoms with Crippen LogP contribution in [-0.4, -0.2) is 44.6 Å². The van der Waals surface area contributed by atoms with E-state index in [2.05, 4.69) is 15.3 Å². The Morgan fingerprint density at radius 3 is 2.57 bits per heavy atom. The van der Waals surface area contributed by atoms with Gasteiger partial charge in [0.15, 0.2) is 0 Å². The van der Waals surface area contributed by atoms with E-state index in [9.17, 15) is 31.0 Å². The van der Waals surface area contributed by atoms with Gasteiger partial charge in [0.05, 0.1) is 27.6 Å². The van der Waals surface area contributed by atoms with Crippen molar-refractivity contribution >= 4 is 43.7 Å². The van der Waals surface area contributed by atoms with Gasteiger partial charge < -0.3 is 15.1 Å². The molecule has 14 heteroatoms. The van der Waals surface area contributed by atoms with Crippen LogP contribution in [0.15, 0.2) is 59.5 Å². The molecule has 2 amide bonds. The van der Waals surface area contributed by atoms with Crippen molar-refractivity contribution in [3.63, 3.8) is 0 Å². The number of fused-ring (bicyclic) bond motifs is 1. The number of nitrogens with one attached hydrogen (secondary N) is 3. The molecule has 4 aromatic rings. The van der Waals surface area contributed by atoms with Crippen LogP contribution in [0.1, 0.15) is 5.56 Å². The minimum Gasteiger partial charge on any atom is -0.464 e. The lowest BCUT2D eigenvalue weighted by Crippen LogP contribution is -2.43. The molecule has 0 aliphatic heterocycles. The minimum atomic E-state index is -4.61. The Hall–Kier alpha value is -4.20. The molecule has 3 aromatic heterocycles. The zero-order valence-electron chi connectivity index (χ0n) is 18.9. The summed E-state index contributed by atoms with van der Waals surface area (Å²) in [5.74, 6) is -0.812. The number of nitrogens with zero attached hydrogens (tertiary/aromatic N) is 2. The van der Waals surface area contributed by atoms with Gasteiger partial charge in [-0.1, -0.05) is 0 Å². The van der Waals surface area contributed by atoms with E-state index in [1.54, 1.807) is 5.32 Å². The summed E-state index contributed by atoms with van der Waals surface area (Å²) in [6.07, 6.45) is 0.135. The highest BCUT2D eigenvalue weighted by molar-refractivity contribution is 7.99. The van der Waals surface area contributed by atoms with Crippen LogP contribution in [0.2, 0.25) is 0 Å². The minimum absolute atomic E-state index is 0.0887. The predicted molar refractivity (Wildman–Crippen MR) is 129 cm³/mol. The summed E-state index contributed by atoms with van der Waals surface area (Å²) in [5, 5.41) is 5.79. The monoisotopic (exact) mass is 539 g/mol. The van der Waals surface area contributed by atoms with Crippen LogP contribution < -0.4 is 15.4 Å². The van der Waals surface area contributed by atoms with Crippen LogP contribution in [-0.2, 0) is 9.71 Å². The van der Waals surface area contributed by atoms with Gasteiger partial charge in [-0.2, -0.15) is 13.2 Å². The average Bonchev–Trinajstić information content (AvgIpc) is 3.30. The Kier molecular flexibility index (Phi) is 7.03. The quantitative estimate of drug-likeness (QED) is 0.241. The number of halogens is 5. The number of urea groups is 1. The second-order valence-corrected chi connectivity index (χ2v) is 10.1.